The molecule has 0 atom stereocenters. The first kappa shape index (κ1) is 17.7. The van der Waals surface area contributed by atoms with Gasteiger partial charge in [-0.1, -0.05) is 23.7 Å². The maximum Gasteiger partial charge on any atom is 0.224 e. The van der Waals surface area contributed by atoms with Crippen LogP contribution in [0.15, 0.2) is 42.7 Å². The first-order chi connectivity index (χ1) is 13.2. The Balaban J connectivity index is 1.28. The highest BCUT2D eigenvalue weighted by Gasteiger charge is 2.17. The molecule has 27 heavy (non-hydrogen) atoms. The molecule has 1 aromatic heterocycles. The van der Waals surface area contributed by atoms with E-state index in [0.717, 1.165) is 29.6 Å². The van der Waals surface area contributed by atoms with Gasteiger partial charge in [-0.15, -0.1) is 0 Å². The average Bonchev–Trinajstić information content (AvgIpc) is 3.08. The van der Waals surface area contributed by atoms with Crippen LogP contribution in [-0.4, -0.2) is 35.2 Å². The number of fused-ring (bicyclic) bond motifs is 2. The number of imidazole rings is 1. The summed E-state index contributed by atoms with van der Waals surface area (Å²) < 4.78 is 13.1. The van der Waals surface area contributed by atoms with E-state index >= 15 is 0 Å². The van der Waals surface area contributed by atoms with Crippen LogP contribution in [0.25, 0.3) is 11.0 Å². The SMILES string of the molecule is O=C(Cc1cc(Cl)c2c(c1)OCCO2)NCCCn1cnc2ccccc21. The molecule has 0 fully saturated rings. The van der Waals surface area contributed by atoms with Crippen LogP contribution in [0, 0.1) is 0 Å². The molecule has 6 nitrogen and oxygen atoms in total. The summed E-state index contributed by atoms with van der Waals surface area (Å²) in [6.45, 7) is 2.38. The van der Waals surface area contributed by atoms with Crippen LogP contribution in [0.1, 0.15) is 12.0 Å². The third-order valence-corrected chi connectivity index (χ3v) is 4.73. The lowest BCUT2D eigenvalue weighted by Crippen LogP contribution is -2.27. The summed E-state index contributed by atoms with van der Waals surface area (Å²) in [4.78, 5) is 16.6. The predicted octanol–water partition coefficient (Wildman–Crippen LogP) is 3.21. The molecule has 1 aliphatic rings. The highest BCUT2D eigenvalue weighted by molar-refractivity contribution is 6.32. The fraction of sp³-hybridized carbons (Fsp3) is 0.300. The first-order valence-corrected chi connectivity index (χ1v) is 9.33. The molecule has 0 bridgehead atoms. The van der Waals surface area contributed by atoms with Crippen LogP contribution >= 0.6 is 11.6 Å². The van der Waals surface area contributed by atoms with Crippen LogP contribution in [0.5, 0.6) is 11.5 Å². The molecule has 0 saturated heterocycles. The van der Waals surface area contributed by atoms with Gasteiger partial charge in [0, 0.05) is 13.1 Å². The Hall–Kier alpha value is -2.73. The average molecular weight is 386 g/mol. The molecule has 0 saturated carbocycles. The van der Waals surface area contributed by atoms with Crippen molar-refractivity contribution in [2.45, 2.75) is 19.4 Å². The molecule has 0 radical (unpaired) electrons. The number of nitrogens with one attached hydrogen (secondary N) is 1. The van der Waals surface area contributed by atoms with Crippen molar-refractivity contribution in [1.82, 2.24) is 14.9 Å². The smallest absolute Gasteiger partial charge is 0.224 e. The van der Waals surface area contributed by atoms with Crippen molar-refractivity contribution in [3.8, 4) is 11.5 Å². The number of hydrogen-bond donors (Lipinski definition) is 1. The van der Waals surface area contributed by atoms with Crippen molar-refractivity contribution in [1.29, 1.82) is 0 Å². The summed E-state index contributed by atoms with van der Waals surface area (Å²) in [5.74, 6) is 1.11. The number of hydrogen-bond acceptors (Lipinski definition) is 4. The van der Waals surface area contributed by atoms with E-state index < -0.39 is 0 Å². The fourth-order valence-electron chi connectivity index (χ4n) is 3.18. The topological polar surface area (TPSA) is 65.4 Å². The van der Waals surface area contributed by atoms with Gasteiger partial charge in [0.1, 0.15) is 13.2 Å². The summed E-state index contributed by atoms with van der Waals surface area (Å²) in [5, 5.41) is 3.43. The maximum absolute atomic E-state index is 12.2. The summed E-state index contributed by atoms with van der Waals surface area (Å²) in [6.07, 6.45) is 2.92. The van der Waals surface area contributed by atoms with Crippen LogP contribution in [0.4, 0.5) is 0 Å². The molecular formula is C20H20ClN3O3. The predicted molar refractivity (Wildman–Crippen MR) is 104 cm³/mol. The maximum atomic E-state index is 12.2. The number of para-hydroxylation sites is 2. The molecule has 1 N–H and O–H groups in total. The lowest BCUT2D eigenvalue weighted by molar-refractivity contribution is -0.120. The molecular weight excluding hydrogens is 366 g/mol. The Bertz CT molecular complexity index is 970. The molecule has 1 aliphatic heterocycles. The fourth-order valence-corrected chi connectivity index (χ4v) is 3.47. The van der Waals surface area contributed by atoms with E-state index in [9.17, 15) is 4.79 Å². The van der Waals surface area contributed by atoms with Gasteiger partial charge in [0.25, 0.3) is 0 Å². The third-order valence-electron chi connectivity index (χ3n) is 4.45. The quantitative estimate of drug-likeness (QED) is 0.662. The van der Waals surface area contributed by atoms with Gasteiger partial charge in [0.05, 0.1) is 28.8 Å². The molecule has 4 rings (SSSR count). The minimum Gasteiger partial charge on any atom is -0.486 e. The lowest BCUT2D eigenvalue weighted by atomic mass is 10.1. The molecule has 7 heteroatoms. The van der Waals surface area contributed by atoms with E-state index in [1.54, 1.807) is 6.07 Å². The molecule has 140 valence electrons. The minimum absolute atomic E-state index is 0.0433. The van der Waals surface area contributed by atoms with Gasteiger partial charge in [-0.05, 0) is 36.2 Å². The first-order valence-electron chi connectivity index (χ1n) is 8.95. The zero-order chi connectivity index (χ0) is 18.6. The van der Waals surface area contributed by atoms with Gasteiger partial charge in [-0.2, -0.15) is 0 Å². The van der Waals surface area contributed by atoms with E-state index in [1.807, 2.05) is 36.7 Å². The number of ether oxygens (including phenoxy) is 2. The van der Waals surface area contributed by atoms with Crippen molar-refractivity contribution in [3.63, 3.8) is 0 Å². The highest BCUT2D eigenvalue weighted by Crippen LogP contribution is 2.38. The van der Waals surface area contributed by atoms with Gasteiger partial charge < -0.3 is 19.4 Å². The number of aromatic nitrogens is 2. The Kier molecular flexibility index (Phi) is 5.16. The molecule has 0 spiro atoms. The van der Waals surface area contributed by atoms with Crippen LogP contribution in [-0.2, 0) is 17.8 Å². The highest BCUT2D eigenvalue weighted by atomic mass is 35.5. The molecule has 2 aromatic carbocycles. The third kappa shape index (κ3) is 4.01. The molecule has 0 unspecified atom stereocenters. The zero-order valence-electron chi connectivity index (χ0n) is 14.8. The van der Waals surface area contributed by atoms with Crippen molar-refractivity contribution in [2.75, 3.05) is 19.8 Å². The van der Waals surface area contributed by atoms with Gasteiger partial charge in [0.2, 0.25) is 5.91 Å². The van der Waals surface area contributed by atoms with Crippen molar-refractivity contribution >= 4 is 28.5 Å². The number of carbonyl (C=O) groups is 1. The number of aryl methyl sites for hydroxylation is 1. The summed E-state index contributed by atoms with van der Waals surface area (Å²) in [5.41, 5.74) is 2.90. The van der Waals surface area contributed by atoms with Gasteiger partial charge >= 0.3 is 0 Å². The summed E-state index contributed by atoms with van der Waals surface area (Å²) in [6, 6.07) is 11.6. The second-order valence-electron chi connectivity index (χ2n) is 6.41. The minimum atomic E-state index is -0.0433. The number of carbonyl (C=O) groups excluding carboxylic acids is 1. The summed E-state index contributed by atoms with van der Waals surface area (Å²) in [7, 11) is 0. The number of rotatable bonds is 6. The van der Waals surface area contributed by atoms with Gasteiger partial charge in [-0.25, -0.2) is 4.98 Å². The zero-order valence-corrected chi connectivity index (χ0v) is 15.5. The van der Waals surface area contributed by atoms with Crippen LogP contribution in [0.2, 0.25) is 5.02 Å². The van der Waals surface area contributed by atoms with Gasteiger partial charge in [-0.3, -0.25) is 4.79 Å². The van der Waals surface area contributed by atoms with E-state index in [2.05, 4.69) is 14.9 Å². The molecule has 3 aromatic rings. The van der Waals surface area contributed by atoms with E-state index in [0.29, 0.717) is 36.3 Å². The Morgan fingerprint density at radius 2 is 2.07 bits per heavy atom. The van der Waals surface area contributed by atoms with E-state index in [1.165, 1.54) is 0 Å². The largest absolute Gasteiger partial charge is 0.486 e. The molecule has 0 aliphatic carbocycles. The standard InChI is InChI=1S/C20H20ClN3O3/c21-15-10-14(11-18-20(15)27-9-8-26-18)12-19(25)22-6-3-7-24-13-23-16-4-1-2-5-17(16)24/h1-2,4-5,10-11,13H,3,6-9,12H2,(H,22,25). The van der Waals surface area contributed by atoms with Crippen molar-refractivity contribution < 1.29 is 14.3 Å². The van der Waals surface area contributed by atoms with Crippen molar-refractivity contribution in [3.05, 3.63) is 53.3 Å². The Morgan fingerprint density at radius 1 is 1.22 bits per heavy atom. The second kappa shape index (κ2) is 7.88. The second-order valence-corrected chi connectivity index (χ2v) is 6.82. The number of halogens is 1. The number of amides is 1. The monoisotopic (exact) mass is 385 g/mol. The number of nitrogens with zero attached hydrogens (tertiary/aromatic N) is 2. The Labute approximate surface area is 162 Å². The molecule has 2 heterocycles. The van der Waals surface area contributed by atoms with Gasteiger partial charge in [0.15, 0.2) is 11.5 Å². The summed E-state index contributed by atoms with van der Waals surface area (Å²) >= 11 is 6.22. The van der Waals surface area contributed by atoms with E-state index in [4.69, 9.17) is 21.1 Å². The van der Waals surface area contributed by atoms with Crippen LogP contribution in [0.3, 0.4) is 0 Å². The van der Waals surface area contributed by atoms with Crippen molar-refractivity contribution in [2.24, 2.45) is 0 Å². The van der Waals surface area contributed by atoms with Crippen LogP contribution < -0.4 is 14.8 Å². The number of benzene rings is 2. The van der Waals surface area contributed by atoms with E-state index in [-0.39, 0.29) is 12.3 Å². The lowest BCUT2D eigenvalue weighted by Gasteiger charge is -2.20. The Morgan fingerprint density at radius 3 is 3.00 bits per heavy atom. The normalized spacial score (nSPS) is 12.9. The molecule has 1 amide bonds.